The Labute approximate surface area is 115 Å². The molecule has 0 unspecified atom stereocenters. The summed E-state index contributed by atoms with van der Waals surface area (Å²) < 4.78 is 15.4. The maximum Gasteiger partial charge on any atom is 0.302 e. The Bertz CT molecular complexity index is 431. The van der Waals surface area contributed by atoms with Crippen molar-refractivity contribution in [2.75, 3.05) is 13.9 Å². The summed E-state index contributed by atoms with van der Waals surface area (Å²) in [6.07, 6.45) is -0.535. The average Bonchev–Trinajstić information content (AvgIpc) is 2.40. The molecule has 0 bridgehead atoms. The molecule has 110 valence electrons. The van der Waals surface area contributed by atoms with Crippen LogP contribution >= 0.6 is 0 Å². The van der Waals surface area contributed by atoms with Crippen LogP contribution < -0.4 is 0 Å². The largest absolute Gasteiger partial charge is 0.462 e. The molecule has 20 heavy (non-hydrogen) atoms. The molecule has 0 amide bonds. The second-order valence-electron chi connectivity index (χ2n) is 4.28. The number of carbonyl (C=O) groups excluding carboxylic acids is 1. The van der Waals surface area contributed by atoms with Crippen molar-refractivity contribution in [2.24, 2.45) is 10.2 Å². The van der Waals surface area contributed by atoms with Crippen molar-refractivity contribution in [3.8, 4) is 0 Å². The van der Waals surface area contributed by atoms with E-state index in [2.05, 4.69) is 20.1 Å². The molecule has 1 saturated carbocycles. The van der Waals surface area contributed by atoms with Crippen LogP contribution in [0.25, 0.3) is 20.9 Å². The van der Waals surface area contributed by atoms with E-state index >= 15 is 0 Å². The summed E-state index contributed by atoms with van der Waals surface area (Å²) in [5.74, 6) is -0.471. The van der Waals surface area contributed by atoms with Gasteiger partial charge < -0.3 is 14.2 Å². The number of hydrogen-bond donors (Lipinski definition) is 0. The fourth-order valence-electron chi connectivity index (χ4n) is 2.14. The Morgan fingerprint density at radius 1 is 1.20 bits per heavy atom. The quantitative estimate of drug-likeness (QED) is 0.242. The molecule has 0 aliphatic heterocycles. The highest BCUT2D eigenvalue weighted by atomic mass is 16.7. The number of carbonyl (C=O) groups is 1. The zero-order valence-electron chi connectivity index (χ0n) is 11.2. The lowest BCUT2D eigenvalue weighted by Gasteiger charge is -2.36. The molecule has 0 spiro atoms. The predicted molar refractivity (Wildman–Crippen MR) is 67.4 cm³/mol. The molecule has 1 fully saturated rings. The Balaban J connectivity index is 2.86. The van der Waals surface area contributed by atoms with Crippen molar-refractivity contribution in [1.82, 2.24) is 0 Å². The molecule has 0 aromatic carbocycles. The van der Waals surface area contributed by atoms with Crippen LogP contribution in [0.5, 0.6) is 0 Å². The second-order valence-corrected chi connectivity index (χ2v) is 4.28. The highest BCUT2D eigenvalue weighted by Gasteiger charge is 2.38. The monoisotopic (exact) mass is 284 g/mol. The minimum absolute atomic E-state index is 0.0289. The topological polar surface area (TPSA) is 142 Å². The molecule has 10 heteroatoms. The molecule has 0 radical (unpaired) electrons. The summed E-state index contributed by atoms with van der Waals surface area (Å²) in [4.78, 5) is 16.6. The summed E-state index contributed by atoms with van der Waals surface area (Å²) >= 11 is 0. The number of esters is 1. The summed E-state index contributed by atoms with van der Waals surface area (Å²) in [6.45, 7) is 1.30. The first kappa shape index (κ1) is 16.1. The molecule has 0 heterocycles. The first-order valence-corrected chi connectivity index (χ1v) is 5.98. The van der Waals surface area contributed by atoms with Crippen molar-refractivity contribution in [1.29, 1.82) is 0 Å². The first-order chi connectivity index (χ1) is 9.62. The van der Waals surface area contributed by atoms with Gasteiger partial charge in [-0.3, -0.25) is 4.79 Å². The van der Waals surface area contributed by atoms with Gasteiger partial charge in [-0.1, -0.05) is 10.2 Å². The van der Waals surface area contributed by atoms with Crippen molar-refractivity contribution in [3.63, 3.8) is 0 Å². The standard InChI is InChI=1S/C10H16N6O4/c1-6(17)20-10-4-9(19-5-18-2)7(13-15-11)3-8(10)14-16-12/h7-10H,3-5H2,1-2H3/t7-,8+,9-,10+/m0/s1. The predicted octanol–water partition coefficient (Wildman–Crippen LogP) is 2.06. The van der Waals surface area contributed by atoms with Crippen molar-refractivity contribution < 1.29 is 19.0 Å². The maximum atomic E-state index is 11.1. The lowest BCUT2D eigenvalue weighted by atomic mass is 9.87. The van der Waals surface area contributed by atoms with Gasteiger partial charge in [-0.2, -0.15) is 0 Å². The van der Waals surface area contributed by atoms with E-state index in [1.807, 2.05) is 0 Å². The Morgan fingerprint density at radius 2 is 1.80 bits per heavy atom. The third-order valence-electron chi connectivity index (χ3n) is 2.92. The highest BCUT2D eigenvalue weighted by Crippen LogP contribution is 2.29. The Kier molecular flexibility index (Phi) is 6.61. The molecule has 10 nitrogen and oxygen atoms in total. The minimum atomic E-state index is -0.601. The van der Waals surface area contributed by atoms with Crippen molar-refractivity contribution >= 4 is 5.97 Å². The summed E-state index contributed by atoms with van der Waals surface area (Å²) in [7, 11) is 1.47. The molecule has 0 aromatic heterocycles. The maximum absolute atomic E-state index is 11.1. The van der Waals surface area contributed by atoms with E-state index in [9.17, 15) is 4.79 Å². The van der Waals surface area contributed by atoms with Crippen LogP contribution in [0.4, 0.5) is 0 Å². The molecule has 4 atom stereocenters. The van der Waals surface area contributed by atoms with Crippen molar-refractivity contribution in [3.05, 3.63) is 20.9 Å². The normalized spacial score (nSPS) is 28.9. The van der Waals surface area contributed by atoms with Gasteiger partial charge in [0.1, 0.15) is 12.9 Å². The number of hydrogen-bond acceptors (Lipinski definition) is 6. The average molecular weight is 284 g/mol. The summed E-state index contributed by atoms with van der Waals surface area (Å²) in [5, 5.41) is 7.24. The van der Waals surface area contributed by atoms with Crippen molar-refractivity contribution in [2.45, 2.75) is 44.1 Å². The van der Waals surface area contributed by atoms with Gasteiger partial charge in [0.2, 0.25) is 0 Å². The fourth-order valence-corrected chi connectivity index (χ4v) is 2.14. The third-order valence-corrected chi connectivity index (χ3v) is 2.92. The zero-order valence-corrected chi connectivity index (χ0v) is 11.2. The summed E-state index contributed by atoms with van der Waals surface area (Å²) in [5.41, 5.74) is 17.1. The van der Waals surface area contributed by atoms with E-state index in [4.69, 9.17) is 25.3 Å². The van der Waals surface area contributed by atoms with Crippen LogP contribution in [0.1, 0.15) is 19.8 Å². The van der Waals surface area contributed by atoms with Gasteiger partial charge in [0.25, 0.3) is 0 Å². The zero-order chi connectivity index (χ0) is 15.0. The van der Waals surface area contributed by atoms with Gasteiger partial charge in [0.05, 0.1) is 18.2 Å². The van der Waals surface area contributed by atoms with E-state index in [1.54, 1.807) is 0 Å². The Hall–Kier alpha value is -1.99. The van der Waals surface area contributed by atoms with Gasteiger partial charge in [0.15, 0.2) is 0 Å². The lowest BCUT2D eigenvalue weighted by Crippen LogP contribution is -2.46. The van der Waals surface area contributed by atoms with E-state index in [1.165, 1.54) is 14.0 Å². The number of nitrogens with zero attached hydrogens (tertiary/aromatic N) is 6. The van der Waals surface area contributed by atoms with Gasteiger partial charge in [-0.15, -0.1) is 0 Å². The lowest BCUT2D eigenvalue weighted by molar-refractivity contribution is -0.155. The number of rotatable bonds is 6. The number of methoxy groups -OCH3 is 1. The molecular formula is C10H16N6O4. The molecule has 0 N–H and O–H groups in total. The van der Waals surface area contributed by atoms with E-state index in [0.29, 0.717) is 0 Å². The molecular weight excluding hydrogens is 268 g/mol. The smallest absolute Gasteiger partial charge is 0.302 e. The molecule has 1 aliphatic rings. The minimum Gasteiger partial charge on any atom is -0.462 e. The Morgan fingerprint density at radius 3 is 2.30 bits per heavy atom. The first-order valence-electron chi connectivity index (χ1n) is 5.98. The van der Waals surface area contributed by atoms with Crippen LogP contribution in [0.2, 0.25) is 0 Å². The van der Waals surface area contributed by atoms with E-state index in [-0.39, 0.29) is 19.6 Å². The van der Waals surface area contributed by atoms with Crippen LogP contribution in [0, 0.1) is 0 Å². The van der Waals surface area contributed by atoms with Crippen LogP contribution in [-0.2, 0) is 19.0 Å². The second kappa shape index (κ2) is 8.23. The third kappa shape index (κ3) is 4.60. The number of ether oxygens (including phenoxy) is 3. The van der Waals surface area contributed by atoms with E-state index < -0.39 is 30.3 Å². The van der Waals surface area contributed by atoms with Crippen LogP contribution in [-0.4, -0.2) is 44.2 Å². The summed E-state index contributed by atoms with van der Waals surface area (Å²) in [6, 6.07) is -1.08. The van der Waals surface area contributed by atoms with E-state index in [0.717, 1.165) is 0 Å². The molecule has 1 rings (SSSR count). The van der Waals surface area contributed by atoms with Gasteiger partial charge in [-0.25, -0.2) is 0 Å². The van der Waals surface area contributed by atoms with Gasteiger partial charge in [0, 0.05) is 30.3 Å². The van der Waals surface area contributed by atoms with Crippen LogP contribution in [0.3, 0.4) is 0 Å². The highest BCUT2D eigenvalue weighted by molar-refractivity contribution is 5.66. The molecule has 1 aliphatic carbocycles. The number of azide groups is 2. The molecule has 0 saturated heterocycles. The van der Waals surface area contributed by atoms with Gasteiger partial charge in [-0.05, 0) is 17.5 Å². The molecule has 0 aromatic rings. The van der Waals surface area contributed by atoms with Crippen LogP contribution in [0.15, 0.2) is 10.2 Å². The SMILES string of the molecule is COCO[C@H]1C[C@@H](OC(C)=O)[C@H](N=[N+]=[N-])C[C@@H]1N=[N+]=[N-]. The van der Waals surface area contributed by atoms with Gasteiger partial charge >= 0.3 is 5.97 Å². The fraction of sp³-hybridized carbons (Fsp3) is 0.900.